The van der Waals surface area contributed by atoms with Crippen molar-refractivity contribution in [3.8, 4) is 0 Å². The number of sulfonamides is 1. The van der Waals surface area contributed by atoms with Crippen LogP contribution in [0.1, 0.15) is 41.6 Å². The van der Waals surface area contributed by atoms with Crippen LogP contribution in [0.15, 0.2) is 28.3 Å². The highest BCUT2D eigenvalue weighted by Crippen LogP contribution is 2.42. The Labute approximate surface area is 215 Å². The van der Waals surface area contributed by atoms with Crippen LogP contribution in [0.4, 0.5) is 26.3 Å². The second-order valence-corrected chi connectivity index (χ2v) is 11.1. The van der Waals surface area contributed by atoms with Gasteiger partial charge in [0.05, 0.1) is 17.3 Å². The molecule has 0 aromatic heterocycles. The Morgan fingerprint density at radius 3 is 2.26 bits per heavy atom. The summed E-state index contributed by atoms with van der Waals surface area (Å²) in [6.45, 7) is -0.137. The third kappa shape index (κ3) is 6.46. The number of hydrogen-bond donors (Lipinski definition) is 2. The van der Waals surface area contributed by atoms with Crippen molar-refractivity contribution in [2.24, 2.45) is 15.9 Å². The summed E-state index contributed by atoms with van der Waals surface area (Å²) in [6.07, 6.45) is -5.19. The lowest BCUT2D eigenvalue weighted by Crippen LogP contribution is -2.63. The number of amides is 1. The molecule has 2 aliphatic rings. The molecule has 1 heterocycles. The molecule has 3 rings (SSSR count). The van der Waals surface area contributed by atoms with E-state index in [1.54, 1.807) is 4.90 Å². The van der Waals surface area contributed by atoms with Gasteiger partial charge in [0.15, 0.2) is 0 Å². The van der Waals surface area contributed by atoms with E-state index in [2.05, 4.69) is 15.4 Å². The molecule has 1 aromatic carbocycles. The van der Waals surface area contributed by atoms with Crippen LogP contribution in [0.2, 0.25) is 0 Å². The number of piperazine rings is 1. The molecule has 2 fully saturated rings. The van der Waals surface area contributed by atoms with Crippen LogP contribution in [-0.4, -0.2) is 86.0 Å². The highest BCUT2D eigenvalue weighted by molar-refractivity contribution is 8.06. The quantitative estimate of drug-likeness (QED) is 0.179. The average Bonchev–Trinajstić information content (AvgIpc) is 2.86. The van der Waals surface area contributed by atoms with Crippen molar-refractivity contribution in [3.63, 3.8) is 0 Å². The largest absolute Gasteiger partial charge is 0.417 e. The Kier molecular flexibility index (Phi) is 8.77. The molecule has 212 valence electrons. The average molecular weight is 571 g/mol. The summed E-state index contributed by atoms with van der Waals surface area (Å²) in [5.41, 5.74) is -3.30. The van der Waals surface area contributed by atoms with Gasteiger partial charge < -0.3 is 11.2 Å². The summed E-state index contributed by atoms with van der Waals surface area (Å²) in [7, 11) is -2.71. The van der Waals surface area contributed by atoms with Crippen LogP contribution in [0.3, 0.4) is 0 Å². The topological polar surface area (TPSA) is 120 Å². The molecule has 1 saturated heterocycles. The van der Waals surface area contributed by atoms with Crippen molar-refractivity contribution in [1.29, 1.82) is 0 Å². The number of nitrogens with zero attached hydrogens (tertiary/aromatic N) is 4. The first-order valence-electron chi connectivity index (χ1n) is 11.6. The van der Waals surface area contributed by atoms with Gasteiger partial charge in [-0.25, -0.2) is 21.6 Å². The summed E-state index contributed by atoms with van der Waals surface area (Å²) in [4.78, 5) is 18.1. The van der Waals surface area contributed by atoms with Crippen molar-refractivity contribution in [3.05, 3.63) is 35.1 Å². The van der Waals surface area contributed by atoms with Gasteiger partial charge in [-0.2, -0.15) is 22.6 Å². The molecule has 1 saturated carbocycles. The number of rotatable bonds is 6. The zero-order valence-corrected chi connectivity index (χ0v) is 21.3. The molecule has 0 atom stereocenters. The lowest BCUT2D eigenvalue weighted by molar-refractivity contribution is -0.138. The van der Waals surface area contributed by atoms with Crippen LogP contribution in [-0.2, 0) is 16.2 Å². The number of carbonyl (C=O) groups is 1. The molecule has 0 spiro atoms. The lowest BCUT2D eigenvalue weighted by atomic mass is 9.78. The maximum atomic E-state index is 14.0. The molecule has 16 heteroatoms. The number of hydrazone groups is 1. The molecule has 0 unspecified atom stereocenters. The maximum absolute atomic E-state index is 14.0. The van der Waals surface area contributed by atoms with Crippen LogP contribution in [0, 0.1) is 5.82 Å². The van der Waals surface area contributed by atoms with E-state index in [1.807, 2.05) is 0 Å². The van der Waals surface area contributed by atoms with Crippen molar-refractivity contribution in [1.82, 2.24) is 14.5 Å². The number of alkyl halides is 5. The van der Waals surface area contributed by atoms with E-state index < -0.39 is 68.4 Å². The molecule has 1 aromatic rings. The molecule has 0 bridgehead atoms. The highest BCUT2D eigenvalue weighted by Gasteiger charge is 2.48. The van der Waals surface area contributed by atoms with Crippen LogP contribution in [0.25, 0.3) is 0 Å². The SMILES string of the molecule is CN=C/C(=N/N)S(=O)(=O)N1CCN(C2(CNC(=O)c3ccc(F)cc3C(F)(F)F)CCC(F)(F)CC2)CC1. The molecular formula is C22H28F6N6O3S. The Balaban J connectivity index is 1.80. The Morgan fingerprint density at radius 1 is 1.13 bits per heavy atom. The van der Waals surface area contributed by atoms with E-state index in [0.29, 0.717) is 0 Å². The van der Waals surface area contributed by atoms with Gasteiger partial charge in [-0.15, -0.1) is 0 Å². The first-order chi connectivity index (χ1) is 17.6. The monoisotopic (exact) mass is 570 g/mol. The molecule has 9 nitrogen and oxygen atoms in total. The number of aliphatic imine (C=N–C) groups is 1. The molecular weight excluding hydrogens is 542 g/mol. The fraction of sp³-hybridized carbons (Fsp3) is 0.591. The number of benzene rings is 1. The second kappa shape index (κ2) is 11.2. The van der Waals surface area contributed by atoms with Gasteiger partial charge in [0, 0.05) is 58.2 Å². The third-order valence-corrected chi connectivity index (χ3v) is 8.69. The lowest BCUT2D eigenvalue weighted by Gasteiger charge is -2.50. The summed E-state index contributed by atoms with van der Waals surface area (Å²) in [5, 5.41) is 5.23. The Morgan fingerprint density at radius 2 is 1.74 bits per heavy atom. The molecule has 3 N–H and O–H groups in total. The predicted octanol–water partition coefficient (Wildman–Crippen LogP) is 2.44. The molecule has 1 aliphatic heterocycles. The van der Waals surface area contributed by atoms with Crippen molar-refractivity contribution in [2.75, 3.05) is 39.8 Å². The number of hydrogen-bond acceptors (Lipinski definition) is 7. The number of nitrogens with two attached hydrogens (primary N) is 1. The van der Waals surface area contributed by atoms with Crippen LogP contribution in [0.5, 0.6) is 0 Å². The Hall–Kier alpha value is -2.72. The van der Waals surface area contributed by atoms with Gasteiger partial charge in [-0.3, -0.25) is 14.7 Å². The minimum Gasteiger partial charge on any atom is -0.350 e. The van der Waals surface area contributed by atoms with Crippen LogP contribution >= 0.6 is 0 Å². The van der Waals surface area contributed by atoms with E-state index in [0.717, 1.165) is 22.7 Å². The zero-order valence-electron chi connectivity index (χ0n) is 20.4. The summed E-state index contributed by atoms with van der Waals surface area (Å²) < 4.78 is 108. The second-order valence-electron chi connectivity index (χ2n) is 9.20. The van der Waals surface area contributed by atoms with Crippen molar-refractivity contribution in [2.45, 2.75) is 43.3 Å². The minimum atomic E-state index is -4.99. The zero-order chi connectivity index (χ0) is 28.4. The highest BCUT2D eigenvalue weighted by atomic mass is 32.2. The summed E-state index contributed by atoms with van der Waals surface area (Å²) in [5.74, 6) is -0.0505. The third-order valence-electron chi connectivity index (χ3n) is 6.90. The summed E-state index contributed by atoms with van der Waals surface area (Å²) >= 11 is 0. The standard InChI is InChI=1S/C22H28F6N6O3S/c1-30-13-18(32-29)38(36,37)34-10-8-33(9-11-34)20(4-6-21(24,25)7-5-20)14-31-19(35)16-3-2-15(23)12-17(16)22(26,27)28/h2-3,12-13H,4-11,14,29H2,1H3,(H,31,35)/b30-13?,32-18-. The van der Waals surface area contributed by atoms with Gasteiger partial charge >= 0.3 is 6.18 Å². The molecule has 1 amide bonds. The maximum Gasteiger partial charge on any atom is 0.417 e. The van der Waals surface area contributed by atoms with Gasteiger partial charge in [-0.1, -0.05) is 0 Å². The van der Waals surface area contributed by atoms with E-state index in [4.69, 9.17) is 5.84 Å². The number of carbonyl (C=O) groups excluding carboxylic acids is 1. The number of nitrogens with one attached hydrogen (secondary N) is 1. The van der Waals surface area contributed by atoms with Crippen molar-refractivity contribution < 1.29 is 39.6 Å². The first-order valence-corrected chi connectivity index (χ1v) is 13.1. The van der Waals surface area contributed by atoms with E-state index in [9.17, 15) is 39.6 Å². The smallest absolute Gasteiger partial charge is 0.350 e. The van der Waals surface area contributed by atoms with Gasteiger partial charge in [0.25, 0.3) is 15.9 Å². The van der Waals surface area contributed by atoms with E-state index >= 15 is 0 Å². The number of halogens is 6. The van der Waals surface area contributed by atoms with Crippen LogP contribution < -0.4 is 11.2 Å². The fourth-order valence-corrected chi connectivity index (χ4v) is 6.07. The molecule has 0 radical (unpaired) electrons. The predicted molar refractivity (Wildman–Crippen MR) is 128 cm³/mol. The molecule has 38 heavy (non-hydrogen) atoms. The summed E-state index contributed by atoms with van der Waals surface area (Å²) in [6, 6.07) is 1.66. The normalized spacial score (nSPS) is 21.5. The van der Waals surface area contributed by atoms with Crippen molar-refractivity contribution >= 4 is 27.2 Å². The van der Waals surface area contributed by atoms with Gasteiger partial charge in [0.1, 0.15) is 5.82 Å². The van der Waals surface area contributed by atoms with E-state index in [1.165, 1.54) is 7.05 Å². The van der Waals surface area contributed by atoms with E-state index in [-0.39, 0.29) is 51.6 Å². The van der Waals surface area contributed by atoms with Gasteiger partial charge in [0.2, 0.25) is 11.0 Å². The van der Waals surface area contributed by atoms with Gasteiger partial charge in [-0.05, 0) is 31.0 Å². The first kappa shape index (κ1) is 29.8. The Bertz CT molecular complexity index is 1190. The fourth-order valence-electron chi connectivity index (χ4n) is 4.79. The minimum absolute atomic E-state index is 0.0405. The molecule has 1 aliphatic carbocycles.